The predicted octanol–water partition coefficient (Wildman–Crippen LogP) is 5.12. The van der Waals surface area contributed by atoms with Gasteiger partial charge in [0.15, 0.2) is 0 Å². The third-order valence-electron chi connectivity index (χ3n) is 3.79. The molecule has 8 heteroatoms. The quantitative estimate of drug-likeness (QED) is 0.634. The molecule has 1 unspecified atom stereocenters. The third kappa shape index (κ3) is 4.18. The Hall–Kier alpha value is -2.08. The number of carbonyl (C=O) groups is 1. The Labute approximate surface area is 165 Å². The lowest BCUT2D eigenvalue weighted by Crippen LogP contribution is -2.28. The fourth-order valence-electron chi connectivity index (χ4n) is 2.44. The van der Waals surface area contributed by atoms with Crippen molar-refractivity contribution in [2.45, 2.75) is 19.4 Å². The van der Waals surface area contributed by atoms with E-state index in [-0.39, 0.29) is 18.3 Å². The monoisotopic (exact) mass is 409 g/mol. The largest absolute Gasteiger partial charge is 0.346 e. The van der Waals surface area contributed by atoms with Crippen LogP contribution in [-0.2, 0) is 11.3 Å². The number of hydrogen-bond donors (Lipinski definition) is 1. The fraction of sp³-hybridized carbons (Fsp3) is 0.167. The van der Waals surface area contributed by atoms with E-state index in [4.69, 9.17) is 39.3 Å². The van der Waals surface area contributed by atoms with Gasteiger partial charge in [0.05, 0.1) is 12.5 Å². The summed E-state index contributed by atoms with van der Waals surface area (Å²) in [4.78, 5) is 16.7. The number of carbonyl (C=O) groups excluding carboxylic acids is 1. The minimum atomic E-state index is -0.522. The van der Waals surface area contributed by atoms with Crippen LogP contribution in [0.5, 0.6) is 0 Å². The Balaban J connectivity index is 1.67. The lowest BCUT2D eigenvalue weighted by atomic mass is 10.0. The van der Waals surface area contributed by atoms with E-state index in [2.05, 4.69) is 15.5 Å². The molecule has 3 rings (SSSR count). The zero-order chi connectivity index (χ0) is 18.7. The number of aromatic nitrogens is 2. The number of benzene rings is 2. The lowest BCUT2D eigenvalue weighted by molar-refractivity contribution is -0.122. The van der Waals surface area contributed by atoms with Crippen molar-refractivity contribution in [2.24, 2.45) is 0 Å². The van der Waals surface area contributed by atoms with Gasteiger partial charge in [-0.05, 0) is 31.2 Å². The molecule has 1 amide bonds. The maximum absolute atomic E-state index is 12.4. The van der Waals surface area contributed by atoms with Gasteiger partial charge in [-0.15, -0.1) is 0 Å². The standard InChI is InChI=1S/C18H14Cl3N3O2/c1-10(16-13(20)6-3-7-14(16)21)18(25)22-9-15-23-17(24-26-15)11-4-2-5-12(19)8-11/h2-8,10H,9H2,1H3,(H,22,25). The molecule has 26 heavy (non-hydrogen) atoms. The fourth-order valence-corrected chi connectivity index (χ4v) is 3.36. The molecular formula is C18H14Cl3N3O2. The maximum atomic E-state index is 12.4. The van der Waals surface area contributed by atoms with E-state index in [1.54, 1.807) is 43.3 Å². The first-order valence-corrected chi connectivity index (χ1v) is 8.89. The topological polar surface area (TPSA) is 68.0 Å². The number of rotatable bonds is 5. The van der Waals surface area contributed by atoms with Gasteiger partial charge in [-0.3, -0.25) is 4.79 Å². The Morgan fingerprint density at radius 3 is 2.54 bits per heavy atom. The van der Waals surface area contributed by atoms with Gasteiger partial charge in [0, 0.05) is 26.2 Å². The molecule has 3 aromatic rings. The highest BCUT2D eigenvalue weighted by atomic mass is 35.5. The molecule has 134 valence electrons. The summed E-state index contributed by atoms with van der Waals surface area (Å²) in [5.41, 5.74) is 1.31. The van der Waals surface area contributed by atoms with Crippen molar-refractivity contribution in [3.05, 3.63) is 69.0 Å². The van der Waals surface area contributed by atoms with E-state index in [9.17, 15) is 4.79 Å². The summed E-state index contributed by atoms with van der Waals surface area (Å²) in [6, 6.07) is 12.2. The zero-order valence-corrected chi connectivity index (χ0v) is 15.9. The van der Waals surface area contributed by atoms with Crippen LogP contribution in [0.3, 0.4) is 0 Å². The van der Waals surface area contributed by atoms with Crippen LogP contribution in [-0.4, -0.2) is 16.0 Å². The molecule has 0 spiro atoms. The SMILES string of the molecule is CC(C(=O)NCc1nc(-c2cccc(Cl)c2)no1)c1c(Cl)cccc1Cl. The Bertz CT molecular complexity index is 923. The van der Waals surface area contributed by atoms with Crippen LogP contribution >= 0.6 is 34.8 Å². The third-order valence-corrected chi connectivity index (χ3v) is 4.69. The van der Waals surface area contributed by atoms with Gasteiger partial charge in [0.1, 0.15) is 0 Å². The smallest absolute Gasteiger partial charge is 0.246 e. The summed E-state index contributed by atoms with van der Waals surface area (Å²) >= 11 is 18.3. The van der Waals surface area contributed by atoms with Crippen molar-refractivity contribution in [2.75, 3.05) is 0 Å². The van der Waals surface area contributed by atoms with Crippen molar-refractivity contribution in [3.63, 3.8) is 0 Å². The van der Waals surface area contributed by atoms with Gasteiger partial charge in [0.2, 0.25) is 17.6 Å². The highest BCUT2D eigenvalue weighted by molar-refractivity contribution is 6.36. The van der Waals surface area contributed by atoms with Crippen molar-refractivity contribution in [1.82, 2.24) is 15.5 Å². The number of nitrogens with zero attached hydrogens (tertiary/aromatic N) is 2. The van der Waals surface area contributed by atoms with Gasteiger partial charge in [-0.2, -0.15) is 4.98 Å². The second kappa shape index (κ2) is 8.08. The molecule has 0 aliphatic heterocycles. The highest BCUT2D eigenvalue weighted by Gasteiger charge is 2.21. The van der Waals surface area contributed by atoms with E-state index in [1.165, 1.54) is 0 Å². The van der Waals surface area contributed by atoms with Crippen LogP contribution in [0.1, 0.15) is 24.3 Å². The molecule has 1 N–H and O–H groups in total. The van der Waals surface area contributed by atoms with Crippen LogP contribution in [0.15, 0.2) is 47.0 Å². The van der Waals surface area contributed by atoms with Crippen molar-refractivity contribution >= 4 is 40.7 Å². The molecule has 0 saturated heterocycles. The molecule has 0 radical (unpaired) electrons. The summed E-state index contributed by atoms with van der Waals surface area (Å²) in [6.07, 6.45) is 0. The molecule has 1 aromatic heterocycles. The summed E-state index contributed by atoms with van der Waals surface area (Å²) in [6.45, 7) is 1.83. The van der Waals surface area contributed by atoms with E-state index in [0.29, 0.717) is 26.5 Å². The van der Waals surface area contributed by atoms with Crippen LogP contribution < -0.4 is 5.32 Å². The van der Waals surface area contributed by atoms with Crippen molar-refractivity contribution in [3.8, 4) is 11.4 Å². The Kier molecular flexibility index (Phi) is 5.81. The van der Waals surface area contributed by atoms with Crippen LogP contribution in [0.4, 0.5) is 0 Å². The number of amides is 1. The Morgan fingerprint density at radius 1 is 1.15 bits per heavy atom. The minimum absolute atomic E-state index is 0.0960. The van der Waals surface area contributed by atoms with E-state index in [0.717, 1.165) is 5.56 Å². The van der Waals surface area contributed by atoms with Gasteiger partial charge >= 0.3 is 0 Å². The normalized spacial score (nSPS) is 12.0. The molecule has 0 saturated carbocycles. The number of nitrogens with one attached hydrogen (secondary N) is 1. The first kappa shape index (κ1) is 18.7. The molecule has 0 fully saturated rings. The van der Waals surface area contributed by atoms with Gasteiger partial charge in [0.25, 0.3) is 0 Å². The van der Waals surface area contributed by atoms with Gasteiger partial charge < -0.3 is 9.84 Å². The van der Waals surface area contributed by atoms with E-state index < -0.39 is 5.92 Å². The zero-order valence-electron chi connectivity index (χ0n) is 13.7. The van der Waals surface area contributed by atoms with Crippen molar-refractivity contribution < 1.29 is 9.32 Å². The second-order valence-electron chi connectivity index (χ2n) is 5.60. The molecule has 0 bridgehead atoms. The second-order valence-corrected chi connectivity index (χ2v) is 6.85. The van der Waals surface area contributed by atoms with Crippen LogP contribution in [0.2, 0.25) is 15.1 Å². The van der Waals surface area contributed by atoms with Gasteiger partial charge in [-0.25, -0.2) is 0 Å². The average molecular weight is 411 g/mol. The maximum Gasteiger partial charge on any atom is 0.246 e. The average Bonchev–Trinajstić information content (AvgIpc) is 3.08. The molecule has 1 atom stereocenters. The molecule has 0 aliphatic carbocycles. The van der Waals surface area contributed by atoms with E-state index in [1.807, 2.05) is 6.07 Å². The molecule has 0 aliphatic rings. The van der Waals surface area contributed by atoms with Crippen LogP contribution in [0, 0.1) is 0 Å². The lowest BCUT2D eigenvalue weighted by Gasteiger charge is -2.14. The van der Waals surface area contributed by atoms with Gasteiger partial charge in [-0.1, -0.05) is 58.2 Å². The van der Waals surface area contributed by atoms with Crippen molar-refractivity contribution in [1.29, 1.82) is 0 Å². The highest BCUT2D eigenvalue weighted by Crippen LogP contribution is 2.31. The summed E-state index contributed by atoms with van der Waals surface area (Å²) in [7, 11) is 0. The van der Waals surface area contributed by atoms with E-state index >= 15 is 0 Å². The molecule has 1 heterocycles. The summed E-state index contributed by atoms with van der Waals surface area (Å²) in [5, 5.41) is 8.12. The summed E-state index contributed by atoms with van der Waals surface area (Å²) < 4.78 is 5.17. The molecule has 5 nitrogen and oxygen atoms in total. The van der Waals surface area contributed by atoms with Crippen LogP contribution in [0.25, 0.3) is 11.4 Å². The predicted molar refractivity (Wildman–Crippen MR) is 101 cm³/mol. The molecule has 2 aromatic carbocycles. The number of hydrogen-bond acceptors (Lipinski definition) is 4. The molecular weight excluding hydrogens is 397 g/mol. The first-order valence-electron chi connectivity index (χ1n) is 7.76. The first-order chi connectivity index (χ1) is 12.5. The summed E-state index contributed by atoms with van der Waals surface area (Å²) in [5.74, 6) is -0.0845. The minimum Gasteiger partial charge on any atom is -0.346 e. The Morgan fingerprint density at radius 2 is 1.85 bits per heavy atom. The number of halogens is 3.